The highest BCUT2D eigenvalue weighted by atomic mass is 35.5. The highest BCUT2D eigenvalue weighted by Crippen LogP contribution is 2.15. The van der Waals surface area contributed by atoms with Gasteiger partial charge < -0.3 is 15.4 Å². The van der Waals surface area contributed by atoms with Gasteiger partial charge in [-0.2, -0.15) is 0 Å². The van der Waals surface area contributed by atoms with E-state index in [-0.39, 0.29) is 30.1 Å². The molecule has 1 aromatic carbocycles. The summed E-state index contributed by atoms with van der Waals surface area (Å²) in [5.41, 5.74) is 0.570. The summed E-state index contributed by atoms with van der Waals surface area (Å²) in [4.78, 5) is 23.3. The topological polar surface area (TPSA) is 67.4 Å². The highest BCUT2D eigenvalue weighted by molar-refractivity contribution is 5.94. The SMILES string of the molecule is CCN[C@H](C)CNC(=O)C(C)Oc1cccc(C(C)=O)c1.Cl. The first-order chi connectivity index (χ1) is 9.93. The van der Waals surface area contributed by atoms with E-state index in [1.807, 2.05) is 13.8 Å². The zero-order valence-electron chi connectivity index (χ0n) is 13.5. The van der Waals surface area contributed by atoms with Crippen LogP contribution in [0.4, 0.5) is 0 Å². The van der Waals surface area contributed by atoms with Gasteiger partial charge in [0.05, 0.1) is 0 Å². The molecule has 0 aromatic heterocycles. The van der Waals surface area contributed by atoms with Gasteiger partial charge in [0, 0.05) is 18.2 Å². The predicted molar refractivity (Wildman–Crippen MR) is 89.9 cm³/mol. The average Bonchev–Trinajstić information content (AvgIpc) is 2.45. The van der Waals surface area contributed by atoms with E-state index in [9.17, 15) is 9.59 Å². The van der Waals surface area contributed by atoms with Crippen molar-refractivity contribution in [2.24, 2.45) is 0 Å². The average molecular weight is 329 g/mol. The van der Waals surface area contributed by atoms with Crippen LogP contribution in [0.25, 0.3) is 0 Å². The van der Waals surface area contributed by atoms with Crippen LogP contribution < -0.4 is 15.4 Å². The van der Waals surface area contributed by atoms with Crippen molar-refractivity contribution in [1.29, 1.82) is 0 Å². The quantitative estimate of drug-likeness (QED) is 0.718. The van der Waals surface area contributed by atoms with Crippen molar-refractivity contribution >= 4 is 24.1 Å². The number of halogens is 1. The molecule has 1 amide bonds. The summed E-state index contributed by atoms with van der Waals surface area (Å²) in [5, 5.41) is 6.05. The summed E-state index contributed by atoms with van der Waals surface area (Å²) in [6, 6.07) is 7.06. The molecule has 0 spiro atoms. The van der Waals surface area contributed by atoms with Gasteiger partial charge >= 0.3 is 0 Å². The van der Waals surface area contributed by atoms with E-state index < -0.39 is 6.10 Å². The number of amides is 1. The lowest BCUT2D eigenvalue weighted by Gasteiger charge is -2.17. The van der Waals surface area contributed by atoms with E-state index in [1.54, 1.807) is 31.2 Å². The van der Waals surface area contributed by atoms with Gasteiger partial charge in [0.15, 0.2) is 11.9 Å². The van der Waals surface area contributed by atoms with Gasteiger partial charge in [-0.05, 0) is 39.4 Å². The lowest BCUT2D eigenvalue weighted by molar-refractivity contribution is -0.127. The summed E-state index contributed by atoms with van der Waals surface area (Å²) in [7, 11) is 0. The first kappa shape index (κ1) is 20.4. The Morgan fingerprint density at radius 3 is 2.55 bits per heavy atom. The van der Waals surface area contributed by atoms with Crippen LogP contribution in [0.3, 0.4) is 0 Å². The van der Waals surface area contributed by atoms with Gasteiger partial charge in [-0.3, -0.25) is 9.59 Å². The van der Waals surface area contributed by atoms with E-state index in [0.29, 0.717) is 17.9 Å². The molecule has 1 unspecified atom stereocenters. The van der Waals surface area contributed by atoms with Crippen molar-refractivity contribution in [3.05, 3.63) is 29.8 Å². The fraction of sp³-hybridized carbons (Fsp3) is 0.500. The fourth-order valence-electron chi connectivity index (χ4n) is 1.86. The Kier molecular flexibility index (Phi) is 9.45. The van der Waals surface area contributed by atoms with Gasteiger partial charge in [-0.25, -0.2) is 0 Å². The van der Waals surface area contributed by atoms with Gasteiger partial charge in [0.1, 0.15) is 5.75 Å². The van der Waals surface area contributed by atoms with Gasteiger partial charge in [0.25, 0.3) is 5.91 Å². The second-order valence-electron chi connectivity index (χ2n) is 5.05. The van der Waals surface area contributed by atoms with Crippen LogP contribution in [0.1, 0.15) is 38.1 Å². The number of ketones is 1. The van der Waals surface area contributed by atoms with Crippen LogP contribution in [0, 0.1) is 0 Å². The zero-order chi connectivity index (χ0) is 15.8. The van der Waals surface area contributed by atoms with E-state index in [2.05, 4.69) is 10.6 Å². The molecular formula is C16H25ClN2O3. The molecule has 1 rings (SSSR count). The van der Waals surface area contributed by atoms with Gasteiger partial charge in [-0.15, -0.1) is 12.4 Å². The first-order valence-electron chi connectivity index (χ1n) is 7.22. The Labute approximate surface area is 138 Å². The number of hydrogen-bond donors (Lipinski definition) is 2. The van der Waals surface area contributed by atoms with E-state index in [4.69, 9.17) is 4.74 Å². The Bertz CT molecular complexity index is 494. The number of hydrogen-bond acceptors (Lipinski definition) is 4. The minimum Gasteiger partial charge on any atom is -0.481 e. The summed E-state index contributed by atoms with van der Waals surface area (Å²) in [5.74, 6) is 0.315. The van der Waals surface area contributed by atoms with Crippen LogP contribution in [0.5, 0.6) is 5.75 Å². The Morgan fingerprint density at radius 2 is 1.95 bits per heavy atom. The molecule has 124 valence electrons. The van der Waals surface area contributed by atoms with Crippen LogP contribution in [-0.4, -0.2) is 36.9 Å². The number of carbonyl (C=O) groups is 2. The third-order valence-corrected chi connectivity index (χ3v) is 3.06. The fourth-order valence-corrected chi connectivity index (χ4v) is 1.86. The summed E-state index contributed by atoms with van der Waals surface area (Å²) in [6.45, 7) is 8.62. The second kappa shape index (κ2) is 10.2. The third kappa shape index (κ3) is 6.91. The molecule has 2 N–H and O–H groups in total. The monoisotopic (exact) mass is 328 g/mol. The van der Waals surface area contributed by atoms with Crippen molar-refractivity contribution in [2.45, 2.75) is 39.8 Å². The third-order valence-electron chi connectivity index (χ3n) is 3.06. The molecule has 0 radical (unpaired) electrons. The van der Waals surface area contributed by atoms with E-state index in [1.165, 1.54) is 6.92 Å². The lowest BCUT2D eigenvalue weighted by Crippen LogP contribution is -2.43. The number of likely N-dealkylation sites (N-methyl/N-ethyl adjacent to an activating group) is 1. The molecule has 5 nitrogen and oxygen atoms in total. The summed E-state index contributed by atoms with van der Waals surface area (Å²) in [6.07, 6.45) is -0.610. The molecular weight excluding hydrogens is 304 g/mol. The lowest BCUT2D eigenvalue weighted by atomic mass is 10.1. The first-order valence-corrected chi connectivity index (χ1v) is 7.22. The molecule has 0 saturated heterocycles. The number of benzene rings is 1. The zero-order valence-corrected chi connectivity index (χ0v) is 14.3. The van der Waals surface area contributed by atoms with Crippen LogP contribution in [0.15, 0.2) is 24.3 Å². The molecule has 0 aliphatic heterocycles. The smallest absolute Gasteiger partial charge is 0.260 e. The maximum atomic E-state index is 11.9. The van der Waals surface area contributed by atoms with E-state index >= 15 is 0 Å². The van der Waals surface area contributed by atoms with Gasteiger partial charge in [-0.1, -0.05) is 19.1 Å². The normalized spacial score (nSPS) is 12.7. The minimum atomic E-state index is -0.610. The largest absolute Gasteiger partial charge is 0.481 e. The second-order valence-corrected chi connectivity index (χ2v) is 5.05. The number of nitrogens with one attached hydrogen (secondary N) is 2. The van der Waals surface area contributed by atoms with Crippen LogP contribution in [0.2, 0.25) is 0 Å². The molecule has 0 bridgehead atoms. The Morgan fingerprint density at radius 1 is 1.27 bits per heavy atom. The van der Waals surface area contributed by atoms with Crippen molar-refractivity contribution in [3.8, 4) is 5.75 Å². The van der Waals surface area contributed by atoms with Crippen molar-refractivity contribution in [3.63, 3.8) is 0 Å². The number of rotatable bonds is 8. The number of carbonyl (C=O) groups excluding carboxylic acids is 2. The predicted octanol–water partition coefficient (Wildman–Crippen LogP) is 2.19. The molecule has 0 heterocycles. The minimum absolute atomic E-state index is 0. The highest BCUT2D eigenvalue weighted by Gasteiger charge is 2.15. The van der Waals surface area contributed by atoms with Crippen molar-refractivity contribution < 1.29 is 14.3 Å². The molecule has 0 aliphatic rings. The molecule has 6 heteroatoms. The van der Waals surface area contributed by atoms with E-state index in [0.717, 1.165) is 6.54 Å². The maximum absolute atomic E-state index is 11.9. The van der Waals surface area contributed by atoms with Gasteiger partial charge in [0.2, 0.25) is 0 Å². The van der Waals surface area contributed by atoms with Crippen LogP contribution >= 0.6 is 12.4 Å². The Hall–Kier alpha value is -1.59. The number of ether oxygens (including phenoxy) is 1. The molecule has 0 fully saturated rings. The Balaban J connectivity index is 0.00000441. The molecule has 1 aromatic rings. The number of Topliss-reactive ketones (excluding diaryl/α,β-unsaturated/α-hetero) is 1. The molecule has 22 heavy (non-hydrogen) atoms. The summed E-state index contributed by atoms with van der Waals surface area (Å²) < 4.78 is 5.57. The summed E-state index contributed by atoms with van der Waals surface area (Å²) >= 11 is 0. The molecule has 0 saturated carbocycles. The van der Waals surface area contributed by atoms with Crippen molar-refractivity contribution in [1.82, 2.24) is 10.6 Å². The van der Waals surface area contributed by atoms with Crippen molar-refractivity contribution in [2.75, 3.05) is 13.1 Å². The standard InChI is InChI=1S/C16H24N2O3.ClH/c1-5-17-11(2)10-18-16(20)13(4)21-15-8-6-7-14(9-15)12(3)19;/h6-9,11,13,17H,5,10H2,1-4H3,(H,18,20);1H/t11-,13?;/m1./s1. The maximum Gasteiger partial charge on any atom is 0.260 e. The molecule has 0 aliphatic carbocycles. The molecule has 2 atom stereocenters. The van der Waals surface area contributed by atoms with Crippen LogP contribution in [-0.2, 0) is 4.79 Å².